The summed E-state index contributed by atoms with van der Waals surface area (Å²) in [5, 5.41) is 12.4. The minimum atomic E-state index is -0.647. The third-order valence-electron chi connectivity index (χ3n) is 4.49. The fourth-order valence-electron chi connectivity index (χ4n) is 2.95. The number of nitrogens with two attached hydrogens (primary N) is 1. The lowest BCUT2D eigenvalue weighted by molar-refractivity contribution is -0.123. The van der Waals surface area contributed by atoms with Crippen LogP contribution >= 0.6 is 0 Å². The van der Waals surface area contributed by atoms with Gasteiger partial charge in [0.25, 0.3) is 0 Å². The number of rotatable bonds is 4. The highest BCUT2D eigenvalue weighted by Crippen LogP contribution is 2.34. The second kappa shape index (κ2) is 6.34. The van der Waals surface area contributed by atoms with Crippen molar-refractivity contribution >= 4 is 5.91 Å². The molecule has 1 aliphatic heterocycles. The molecule has 2 aromatic rings. The van der Waals surface area contributed by atoms with Crippen LogP contribution in [-0.4, -0.2) is 11.4 Å². The van der Waals surface area contributed by atoms with Crippen LogP contribution in [0, 0.1) is 11.3 Å². The summed E-state index contributed by atoms with van der Waals surface area (Å²) >= 11 is 0. The summed E-state index contributed by atoms with van der Waals surface area (Å²) in [6.45, 7) is 1.84. The lowest BCUT2D eigenvalue weighted by Gasteiger charge is -2.22. The molecule has 0 saturated carbocycles. The fourth-order valence-corrected chi connectivity index (χ4v) is 2.95. The molecule has 3 N–H and O–H groups in total. The van der Waals surface area contributed by atoms with Gasteiger partial charge in [0.2, 0.25) is 5.91 Å². The highest BCUT2D eigenvalue weighted by atomic mass is 16.5. The monoisotopic (exact) mass is 321 g/mol. The van der Waals surface area contributed by atoms with E-state index in [2.05, 4.69) is 11.4 Å². The molecule has 1 heterocycles. The van der Waals surface area contributed by atoms with Gasteiger partial charge in [-0.15, -0.1) is 0 Å². The number of para-hydroxylation sites is 1. The molecule has 1 aliphatic rings. The van der Waals surface area contributed by atoms with Crippen LogP contribution in [0.5, 0.6) is 11.5 Å². The van der Waals surface area contributed by atoms with Crippen LogP contribution in [0.3, 0.4) is 0 Å². The van der Waals surface area contributed by atoms with E-state index in [0.29, 0.717) is 17.1 Å². The summed E-state index contributed by atoms with van der Waals surface area (Å²) in [7, 11) is 0. The van der Waals surface area contributed by atoms with Gasteiger partial charge in [0.1, 0.15) is 17.6 Å². The van der Waals surface area contributed by atoms with Gasteiger partial charge in [-0.3, -0.25) is 10.1 Å². The Morgan fingerprint density at radius 1 is 1.29 bits per heavy atom. The molecule has 5 heteroatoms. The molecule has 0 unspecified atom stereocenters. The highest BCUT2D eigenvalue weighted by molar-refractivity contribution is 5.84. The lowest BCUT2D eigenvalue weighted by atomic mass is 9.99. The molecule has 122 valence electrons. The van der Waals surface area contributed by atoms with Gasteiger partial charge >= 0.3 is 0 Å². The smallest absolute Gasteiger partial charge is 0.237 e. The zero-order valence-corrected chi connectivity index (χ0v) is 13.5. The number of benzene rings is 2. The molecule has 2 aromatic carbocycles. The van der Waals surface area contributed by atoms with Gasteiger partial charge in [-0.2, -0.15) is 5.26 Å². The molecule has 1 amide bonds. The van der Waals surface area contributed by atoms with Gasteiger partial charge in [0.05, 0.1) is 11.1 Å². The molecule has 0 spiro atoms. The summed E-state index contributed by atoms with van der Waals surface area (Å²) in [5.74, 6) is 0.878. The van der Waals surface area contributed by atoms with Crippen LogP contribution in [0.1, 0.15) is 36.9 Å². The predicted octanol–water partition coefficient (Wildman–Crippen LogP) is 3.02. The largest absolute Gasteiger partial charge is 0.456 e. The zero-order valence-electron chi connectivity index (χ0n) is 13.5. The zero-order chi connectivity index (χ0) is 17.2. The Bertz CT molecular complexity index is 795. The molecule has 2 atom stereocenters. The first-order chi connectivity index (χ1) is 11.5. The van der Waals surface area contributed by atoms with E-state index in [4.69, 9.17) is 15.7 Å². The second-order valence-electron chi connectivity index (χ2n) is 6.21. The van der Waals surface area contributed by atoms with Gasteiger partial charge in [0, 0.05) is 6.04 Å². The molecule has 5 nitrogen and oxygen atoms in total. The number of nitrogens with one attached hydrogen (secondary N) is 1. The van der Waals surface area contributed by atoms with Crippen molar-refractivity contribution in [1.29, 1.82) is 5.26 Å². The van der Waals surface area contributed by atoms with Crippen molar-refractivity contribution in [2.45, 2.75) is 31.3 Å². The normalized spacial score (nSPS) is 22.8. The Morgan fingerprint density at radius 3 is 2.62 bits per heavy atom. The molecule has 0 aromatic heterocycles. The standard InChI is InChI=1S/C19H19N3O2/c1-19(18(21)23)11-10-16(22-19)13-6-8-15(9-7-13)24-17-5-3-2-4-14(17)12-20/h2-9,16,22H,10-11H2,1H3,(H2,21,23)/t16-,19+/m1/s1. The van der Waals surface area contributed by atoms with Crippen molar-refractivity contribution in [2.24, 2.45) is 5.73 Å². The van der Waals surface area contributed by atoms with Crippen LogP contribution < -0.4 is 15.8 Å². The van der Waals surface area contributed by atoms with Crippen molar-refractivity contribution in [1.82, 2.24) is 5.32 Å². The molecule has 0 aliphatic carbocycles. The van der Waals surface area contributed by atoms with Crippen molar-refractivity contribution < 1.29 is 9.53 Å². The number of hydrogen-bond donors (Lipinski definition) is 2. The summed E-state index contributed by atoms with van der Waals surface area (Å²) in [4.78, 5) is 11.5. The van der Waals surface area contributed by atoms with Crippen LogP contribution in [0.25, 0.3) is 0 Å². The fraction of sp³-hybridized carbons (Fsp3) is 0.263. The predicted molar refractivity (Wildman–Crippen MR) is 90.4 cm³/mol. The number of ether oxygens (including phenoxy) is 1. The van der Waals surface area contributed by atoms with Crippen LogP contribution in [0.4, 0.5) is 0 Å². The first-order valence-electron chi connectivity index (χ1n) is 7.86. The average Bonchev–Trinajstić information content (AvgIpc) is 3.00. The molecular weight excluding hydrogens is 302 g/mol. The Kier molecular flexibility index (Phi) is 4.24. The van der Waals surface area contributed by atoms with Gasteiger partial charge in [-0.05, 0) is 49.6 Å². The Balaban J connectivity index is 1.73. The van der Waals surface area contributed by atoms with E-state index >= 15 is 0 Å². The minimum absolute atomic E-state index is 0.0999. The van der Waals surface area contributed by atoms with Crippen LogP contribution in [-0.2, 0) is 4.79 Å². The topological polar surface area (TPSA) is 88.1 Å². The first kappa shape index (κ1) is 16.0. The molecule has 0 bridgehead atoms. The third kappa shape index (κ3) is 3.10. The number of hydrogen-bond acceptors (Lipinski definition) is 4. The molecule has 3 rings (SSSR count). The number of carbonyl (C=O) groups excluding carboxylic acids is 1. The minimum Gasteiger partial charge on any atom is -0.456 e. The van der Waals surface area contributed by atoms with Gasteiger partial charge in [-0.1, -0.05) is 24.3 Å². The Labute approximate surface area is 141 Å². The van der Waals surface area contributed by atoms with Crippen molar-refractivity contribution in [3.63, 3.8) is 0 Å². The molecule has 1 fully saturated rings. The average molecular weight is 321 g/mol. The maximum absolute atomic E-state index is 11.5. The second-order valence-corrected chi connectivity index (χ2v) is 6.21. The third-order valence-corrected chi connectivity index (χ3v) is 4.49. The summed E-state index contributed by atoms with van der Waals surface area (Å²) in [6, 6.07) is 17.0. The summed E-state index contributed by atoms with van der Waals surface area (Å²) in [6.07, 6.45) is 1.58. The SMILES string of the molecule is C[C@@]1(C(N)=O)CC[C@H](c2ccc(Oc3ccccc3C#N)cc2)N1. The first-order valence-corrected chi connectivity index (χ1v) is 7.86. The van der Waals surface area contributed by atoms with E-state index < -0.39 is 5.54 Å². The van der Waals surface area contributed by atoms with E-state index in [1.807, 2.05) is 37.3 Å². The summed E-state index contributed by atoms with van der Waals surface area (Å²) < 4.78 is 5.78. The number of carbonyl (C=O) groups is 1. The quantitative estimate of drug-likeness (QED) is 0.906. The molecule has 0 radical (unpaired) electrons. The number of primary amides is 1. The van der Waals surface area contributed by atoms with Gasteiger partial charge in [0.15, 0.2) is 0 Å². The lowest BCUT2D eigenvalue weighted by Crippen LogP contribution is -2.49. The van der Waals surface area contributed by atoms with Crippen LogP contribution in [0.2, 0.25) is 0 Å². The van der Waals surface area contributed by atoms with Crippen molar-refractivity contribution in [3.8, 4) is 17.6 Å². The number of nitriles is 1. The van der Waals surface area contributed by atoms with E-state index in [9.17, 15) is 4.79 Å². The Morgan fingerprint density at radius 2 is 2.00 bits per heavy atom. The highest BCUT2D eigenvalue weighted by Gasteiger charge is 2.39. The maximum atomic E-state index is 11.5. The number of amides is 1. The molecule has 24 heavy (non-hydrogen) atoms. The van der Waals surface area contributed by atoms with Crippen molar-refractivity contribution in [2.75, 3.05) is 0 Å². The van der Waals surface area contributed by atoms with E-state index in [0.717, 1.165) is 18.4 Å². The van der Waals surface area contributed by atoms with Gasteiger partial charge < -0.3 is 10.5 Å². The number of nitrogens with zero attached hydrogens (tertiary/aromatic N) is 1. The molecular formula is C19H19N3O2. The van der Waals surface area contributed by atoms with E-state index in [-0.39, 0.29) is 11.9 Å². The summed E-state index contributed by atoms with van der Waals surface area (Å²) in [5.41, 5.74) is 6.40. The van der Waals surface area contributed by atoms with Crippen molar-refractivity contribution in [3.05, 3.63) is 59.7 Å². The van der Waals surface area contributed by atoms with E-state index in [1.54, 1.807) is 18.2 Å². The maximum Gasteiger partial charge on any atom is 0.237 e. The van der Waals surface area contributed by atoms with E-state index in [1.165, 1.54) is 0 Å². The van der Waals surface area contributed by atoms with Gasteiger partial charge in [-0.25, -0.2) is 0 Å². The van der Waals surface area contributed by atoms with Crippen LogP contribution in [0.15, 0.2) is 48.5 Å². The molecule has 1 saturated heterocycles. The Hall–Kier alpha value is -2.84.